The van der Waals surface area contributed by atoms with Crippen LogP contribution in [0.4, 0.5) is 5.82 Å². The maximum absolute atomic E-state index is 13.2. The highest BCUT2D eigenvalue weighted by molar-refractivity contribution is 7.85. The predicted octanol–water partition coefficient (Wildman–Crippen LogP) is 4.64. The van der Waals surface area contributed by atoms with Gasteiger partial charge < -0.3 is 34.5 Å². The van der Waals surface area contributed by atoms with Crippen molar-refractivity contribution >= 4 is 39.9 Å². The zero-order chi connectivity index (χ0) is 42.7. The Morgan fingerprint density at radius 3 is 2.47 bits per heavy atom. The average molecular weight is 837 g/mol. The van der Waals surface area contributed by atoms with Crippen LogP contribution < -0.4 is 30.3 Å². The normalized spacial score (nSPS) is 12.8. The summed E-state index contributed by atoms with van der Waals surface area (Å²) in [5.41, 5.74) is 4.67. The number of aromatic nitrogens is 2. The molecule has 1 aliphatic rings. The van der Waals surface area contributed by atoms with Crippen LogP contribution >= 0.6 is 0 Å². The number of benzene rings is 3. The van der Waals surface area contributed by atoms with Crippen molar-refractivity contribution in [2.75, 3.05) is 19.9 Å². The molecular formula is C43H44N6O10S. The van der Waals surface area contributed by atoms with Crippen LogP contribution in [0.25, 0.3) is 22.4 Å². The van der Waals surface area contributed by atoms with Gasteiger partial charge >= 0.3 is 5.97 Å². The van der Waals surface area contributed by atoms with Crippen molar-refractivity contribution in [1.82, 2.24) is 20.6 Å². The molecule has 2 aromatic heterocycles. The molecule has 16 nitrogen and oxygen atoms in total. The van der Waals surface area contributed by atoms with Gasteiger partial charge in [0.2, 0.25) is 18.6 Å². The molecule has 0 spiro atoms. The molecule has 1 aliphatic heterocycles. The molecule has 5 N–H and O–H groups in total. The summed E-state index contributed by atoms with van der Waals surface area (Å²) in [5.74, 6) is -0.452. The molecule has 60 heavy (non-hydrogen) atoms. The second-order valence-electron chi connectivity index (χ2n) is 14.7. The summed E-state index contributed by atoms with van der Waals surface area (Å²) < 4.78 is 51.7. The SMILES string of the molecule is CC(C)(CCCCOc1cc(-c2ccc3c(c2)OCO3)cc(-c2ccccc2)n1)CNC(=O)C(CC(=O)O)NC(=O)c1ccc([NH2+]/N=C/c2ccccc2S(=O)(=O)[O-])nc1. The highest BCUT2D eigenvalue weighted by Gasteiger charge is 2.27. The topological polar surface area (TPSA) is 235 Å². The number of hydrogen-bond acceptors (Lipinski definition) is 12. The number of nitrogens with two attached hydrogens (primary N) is 1. The summed E-state index contributed by atoms with van der Waals surface area (Å²) in [7, 11) is -4.70. The minimum absolute atomic E-state index is 0.0656. The third-order valence-corrected chi connectivity index (χ3v) is 10.4. The lowest BCUT2D eigenvalue weighted by Gasteiger charge is -2.26. The number of nitrogens with zero attached hydrogens (tertiary/aromatic N) is 3. The van der Waals surface area contributed by atoms with Crippen molar-refractivity contribution in [3.63, 3.8) is 0 Å². The second kappa shape index (κ2) is 19.4. The van der Waals surface area contributed by atoms with Crippen LogP contribution in [0.2, 0.25) is 0 Å². The van der Waals surface area contributed by atoms with E-state index in [2.05, 4.69) is 20.7 Å². The Bertz CT molecular complexity index is 2460. The van der Waals surface area contributed by atoms with E-state index in [0.29, 0.717) is 36.2 Å². The second-order valence-corrected chi connectivity index (χ2v) is 16.0. The number of hydrogen-bond donors (Lipinski definition) is 4. The van der Waals surface area contributed by atoms with Gasteiger partial charge in [0.15, 0.2) is 11.5 Å². The Kier molecular flexibility index (Phi) is 13.9. The number of carboxylic acids is 1. The van der Waals surface area contributed by atoms with Crippen molar-refractivity contribution < 1.29 is 52.1 Å². The molecule has 17 heteroatoms. The van der Waals surface area contributed by atoms with Crippen molar-refractivity contribution in [3.05, 3.63) is 114 Å². The van der Waals surface area contributed by atoms with E-state index in [-0.39, 0.29) is 29.9 Å². The lowest BCUT2D eigenvalue weighted by molar-refractivity contribution is -0.580. The molecule has 0 radical (unpaired) electrons. The van der Waals surface area contributed by atoms with Crippen LogP contribution in [0.3, 0.4) is 0 Å². The molecule has 0 aliphatic carbocycles. The first-order valence-corrected chi connectivity index (χ1v) is 20.4. The van der Waals surface area contributed by atoms with Gasteiger partial charge in [0.1, 0.15) is 16.2 Å². The van der Waals surface area contributed by atoms with Crippen LogP contribution in [0.1, 0.15) is 55.5 Å². The Labute approximate surface area is 346 Å². The summed E-state index contributed by atoms with van der Waals surface area (Å²) in [6, 6.07) is 26.6. The van der Waals surface area contributed by atoms with Gasteiger partial charge in [-0.2, -0.15) is 5.43 Å². The molecule has 5 aromatic rings. The van der Waals surface area contributed by atoms with Gasteiger partial charge in [0.05, 0.1) is 35.4 Å². The number of carboxylic acid groups (broad SMARTS) is 1. The first-order chi connectivity index (χ1) is 28.7. The molecule has 3 aromatic carbocycles. The Morgan fingerprint density at radius 2 is 1.72 bits per heavy atom. The number of fused-ring (bicyclic) bond motifs is 1. The van der Waals surface area contributed by atoms with E-state index in [1.54, 1.807) is 6.07 Å². The van der Waals surface area contributed by atoms with E-state index >= 15 is 0 Å². The minimum atomic E-state index is -4.70. The molecule has 3 heterocycles. The minimum Gasteiger partial charge on any atom is -0.744 e. The van der Waals surface area contributed by atoms with Crippen molar-refractivity contribution in [1.29, 1.82) is 0 Å². The fourth-order valence-electron chi connectivity index (χ4n) is 6.25. The van der Waals surface area contributed by atoms with E-state index in [9.17, 15) is 32.5 Å². The third kappa shape index (κ3) is 11.9. The van der Waals surface area contributed by atoms with Gasteiger partial charge in [-0.15, -0.1) is 0 Å². The van der Waals surface area contributed by atoms with Crippen molar-refractivity contribution in [3.8, 4) is 39.8 Å². The molecular weight excluding hydrogens is 793 g/mol. The molecule has 0 saturated carbocycles. The summed E-state index contributed by atoms with van der Waals surface area (Å²) in [5, 5.41) is 18.8. The lowest BCUT2D eigenvalue weighted by Crippen LogP contribution is -2.71. The van der Waals surface area contributed by atoms with E-state index in [1.165, 1.54) is 48.2 Å². The number of carbonyl (C=O) groups is 3. The van der Waals surface area contributed by atoms with E-state index < -0.39 is 45.3 Å². The van der Waals surface area contributed by atoms with Gasteiger partial charge in [-0.1, -0.05) is 73.5 Å². The van der Waals surface area contributed by atoms with Gasteiger partial charge in [-0.25, -0.2) is 18.4 Å². The zero-order valence-corrected chi connectivity index (χ0v) is 33.7. The molecule has 0 bridgehead atoms. The Hall–Kier alpha value is -6.69. The number of aliphatic carboxylic acids is 1. The van der Waals surface area contributed by atoms with E-state index in [4.69, 9.17) is 19.2 Å². The Balaban J connectivity index is 0.982. The quantitative estimate of drug-likeness (QED) is 0.0293. The standard InChI is InChI=1S/C43H44N6O10S/c1-43(2,18-8-9-19-57-39-22-32(20-33(47-39)28-10-4-3-5-11-28)29-14-16-35-36(21-29)59-27-58-35)26-45-42(53)34(23-40(50)51)48-41(52)31-15-17-38(44-24-31)49-46-25-30-12-6-7-13-37(30)60(54,55)56/h3-7,10-17,20-22,24-25,34H,8-9,18-19,23,26-27H2,1-2H3,(H,44,49)(H,45,53)(H,48,52)(H,50,51)(H,54,55,56)/b46-25+. The number of quaternary nitrogens is 1. The van der Waals surface area contributed by atoms with Crippen molar-refractivity contribution in [2.24, 2.45) is 10.5 Å². The molecule has 312 valence electrons. The maximum Gasteiger partial charge on any atom is 0.305 e. The summed E-state index contributed by atoms with van der Waals surface area (Å²) in [6.07, 6.45) is 3.98. The number of pyridine rings is 2. The van der Waals surface area contributed by atoms with Gasteiger partial charge in [-0.05, 0) is 66.1 Å². The average Bonchev–Trinajstić information content (AvgIpc) is 3.71. The van der Waals surface area contributed by atoms with Crippen LogP contribution in [-0.4, -0.2) is 78.0 Å². The number of nitrogens with one attached hydrogen (secondary N) is 2. The van der Waals surface area contributed by atoms with Crippen LogP contribution in [0.5, 0.6) is 17.4 Å². The fourth-order valence-corrected chi connectivity index (χ4v) is 6.90. The Morgan fingerprint density at radius 1 is 0.950 bits per heavy atom. The summed E-state index contributed by atoms with van der Waals surface area (Å²) in [4.78, 5) is 46.4. The zero-order valence-electron chi connectivity index (χ0n) is 32.9. The smallest absolute Gasteiger partial charge is 0.305 e. The van der Waals surface area contributed by atoms with Gasteiger partial charge in [-0.3, -0.25) is 14.4 Å². The number of ether oxygens (including phenoxy) is 3. The highest BCUT2D eigenvalue weighted by Crippen LogP contribution is 2.37. The summed E-state index contributed by atoms with van der Waals surface area (Å²) in [6.45, 7) is 4.80. The first-order valence-electron chi connectivity index (χ1n) is 19.0. The van der Waals surface area contributed by atoms with Crippen molar-refractivity contribution in [2.45, 2.75) is 50.5 Å². The van der Waals surface area contributed by atoms with Gasteiger partial charge in [0.25, 0.3) is 11.7 Å². The number of rotatable bonds is 19. The lowest BCUT2D eigenvalue weighted by atomic mass is 9.87. The monoisotopic (exact) mass is 836 g/mol. The predicted molar refractivity (Wildman–Crippen MR) is 219 cm³/mol. The van der Waals surface area contributed by atoms with Crippen LogP contribution in [0.15, 0.2) is 113 Å². The summed E-state index contributed by atoms with van der Waals surface area (Å²) >= 11 is 0. The van der Waals surface area contributed by atoms with E-state index in [1.807, 2.05) is 74.5 Å². The van der Waals surface area contributed by atoms with E-state index in [0.717, 1.165) is 35.2 Å². The largest absolute Gasteiger partial charge is 0.744 e. The molecule has 2 amide bonds. The number of amides is 2. The molecule has 1 atom stereocenters. The first kappa shape index (κ1) is 42.9. The molecule has 0 fully saturated rings. The highest BCUT2D eigenvalue weighted by atomic mass is 32.2. The molecule has 1 unspecified atom stereocenters. The fraction of sp³-hybridized carbons (Fsp3) is 0.256. The van der Waals surface area contributed by atoms with Crippen LogP contribution in [-0.2, 0) is 19.7 Å². The number of unbranched alkanes of at least 4 members (excludes halogenated alkanes) is 1. The van der Waals surface area contributed by atoms with Gasteiger partial charge in [0, 0.05) is 36.0 Å². The molecule has 6 rings (SSSR count). The number of carbonyl (C=O) groups excluding carboxylic acids is 2. The molecule has 0 saturated heterocycles. The maximum atomic E-state index is 13.2. The third-order valence-electron chi connectivity index (χ3n) is 9.47. The van der Waals surface area contributed by atoms with Crippen LogP contribution in [0, 0.1) is 5.41 Å².